The van der Waals surface area contributed by atoms with Gasteiger partial charge in [-0.2, -0.15) is 0 Å². The summed E-state index contributed by atoms with van der Waals surface area (Å²) in [5.41, 5.74) is -2.27. The molecule has 4 heteroatoms. The Bertz CT molecular complexity index is 406. The fourth-order valence-corrected chi connectivity index (χ4v) is 2.76. The Morgan fingerprint density at radius 2 is 1.38 bits per heavy atom. The molecular weight excluding hydrogens is 266 g/mol. The van der Waals surface area contributed by atoms with Crippen LogP contribution in [0.25, 0.3) is 0 Å². The van der Waals surface area contributed by atoms with Crippen LogP contribution in [0.1, 0.15) is 68.7 Å². The molecule has 0 aromatic rings. The van der Waals surface area contributed by atoms with Crippen molar-refractivity contribution < 1.29 is 14.3 Å². The summed E-state index contributed by atoms with van der Waals surface area (Å²) in [5.74, 6) is 0.0803. The number of hydrogen-bond donors (Lipinski definition) is 1. The van der Waals surface area contributed by atoms with Crippen LogP contribution in [0.15, 0.2) is 0 Å². The molecule has 0 aliphatic heterocycles. The first-order valence-corrected chi connectivity index (χ1v) is 7.52. The predicted octanol–water partition coefficient (Wildman–Crippen LogP) is 3.34. The third-order valence-corrected chi connectivity index (χ3v) is 4.63. The summed E-state index contributed by atoms with van der Waals surface area (Å²) in [7, 11) is 1.64. The molecule has 0 fully saturated rings. The van der Waals surface area contributed by atoms with Gasteiger partial charge in [0.15, 0.2) is 0 Å². The van der Waals surface area contributed by atoms with Crippen LogP contribution in [0.5, 0.6) is 0 Å². The molecule has 0 radical (unpaired) electrons. The number of Topliss-reactive ketones (excluding diaryl/α,β-unsaturated/α-hetero) is 1. The van der Waals surface area contributed by atoms with Gasteiger partial charge in [0.25, 0.3) is 0 Å². The van der Waals surface area contributed by atoms with Crippen LogP contribution in [0.4, 0.5) is 0 Å². The van der Waals surface area contributed by atoms with Crippen molar-refractivity contribution in [3.63, 3.8) is 0 Å². The molecule has 21 heavy (non-hydrogen) atoms. The first kappa shape index (κ1) is 20.1. The van der Waals surface area contributed by atoms with E-state index in [1.807, 2.05) is 55.4 Å². The van der Waals surface area contributed by atoms with Crippen molar-refractivity contribution in [2.24, 2.45) is 10.8 Å². The molecule has 0 rings (SSSR count). The van der Waals surface area contributed by atoms with Crippen molar-refractivity contribution in [3.8, 4) is 0 Å². The zero-order valence-electron chi connectivity index (χ0n) is 15.4. The van der Waals surface area contributed by atoms with Crippen LogP contribution in [0.2, 0.25) is 0 Å². The third-order valence-electron chi connectivity index (χ3n) is 4.63. The second-order valence-electron chi connectivity index (χ2n) is 8.19. The van der Waals surface area contributed by atoms with Gasteiger partial charge in [-0.1, -0.05) is 27.7 Å². The highest BCUT2D eigenvalue weighted by molar-refractivity contribution is 5.83. The smallest absolute Gasteiger partial charge is 0.225 e. The van der Waals surface area contributed by atoms with E-state index in [0.717, 1.165) is 0 Å². The Labute approximate surface area is 130 Å². The second kappa shape index (κ2) is 6.07. The minimum atomic E-state index is -0.624. The quantitative estimate of drug-likeness (QED) is 0.784. The van der Waals surface area contributed by atoms with Crippen molar-refractivity contribution in [2.75, 3.05) is 7.05 Å². The average molecular weight is 299 g/mol. The maximum atomic E-state index is 12.0. The molecular formula is C17H33NO3. The van der Waals surface area contributed by atoms with Gasteiger partial charge < -0.3 is 10.1 Å². The summed E-state index contributed by atoms with van der Waals surface area (Å²) in [6.07, 6.45) is 0.567. The van der Waals surface area contributed by atoms with E-state index in [4.69, 9.17) is 4.74 Å². The van der Waals surface area contributed by atoms with Gasteiger partial charge in [-0.05, 0) is 41.0 Å². The van der Waals surface area contributed by atoms with Crippen LogP contribution >= 0.6 is 0 Å². The van der Waals surface area contributed by atoms with Gasteiger partial charge in [-0.25, -0.2) is 0 Å². The van der Waals surface area contributed by atoms with E-state index in [0.29, 0.717) is 6.42 Å². The molecule has 0 bridgehead atoms. The first-order chi connectivity index (χ1) is 9.09. The minimum absolute atomic E-state index is 0.0113. The van der Waals surface area contributed by atoms with E-state index in [2.05, 4.69) is 5.32 Å². The Kier molecular flexibility index (Phi) is 5.81. The maximum absolute atomic E-state index is 12.0. The summed E-state index contributed by atoms with van der Waals surface area (Å²) < 4.78 is 6.28. The number of hydrogen-bond acceptors (Lipinski definition) is 3. The van der Waals surface area contributed by atoms with Gasteiger partial charge in [0.1, 0.15) is 5.78 Å². The van der Waals surface area contributed by atoms with Crippen molar-refractivity contribution in [2.45, 2.75) is 79.9 Å². The number of rotatable bonds is 7. The molecule has 124 valence electrons. The molecule has 0 heterocycles. The van der Waals surface area contributed by atoms with Crippen LogP contribution in [0, 0.1) is 10.8 Å². The van der Waals surface area contributed by atoms with Crippen molar-refractivity contribution in [1.29, 1.82) is 0 Å². The largest absolute Gasteiger partial charge is 0.369 e. The summed E-state index contributed by atoms with van der Waals surface area (Å²) in [6.45, 7) is 17.0. The lowest BCUT2D eigenvalue weighted by Gasteiger charge is -2.46. The summed E-state index contributed by atoms with van der Waals surface area (Å²) in [5, 5.41) is 2.69. The predicted molar refractivity (Wildman–Crippen MR) is 86.2 cm³/mol. The summed E-state index contributed by atoms with van der Waals surface area (Å²) in [4.78, 5) is 23.9. The standard InChI is InChI=1S/C17H33NO3/c1-12(19)16(6,7)17(8,9)21-15(4,5)11-14(2,3)13(20)18-10/h11H2,1-10H3,(H,18,20). The summed E-state index contributed by atoms with van der Waals surface area (Å²) >= 11 is 0. The molecule has 0 aromatic carbocycles. The Morgan fingerprint density at radius 3 is 1.71 bits per heavy atom. The number of carbonyl (C=O) groups excluding carboxylic acids is 2. The van der Waals surface area contributed by atoms with Crippen LogP contribution in [-0.4, -0.2) is 29.9 Å². The number of amides is 1. The topological polar surface area (TPSA) is 55.4 Å². The van der Waals surface area contributed by atoms with E-state index < -0.39 is 22.0 Å². The SMILES string of the molecule is CNC(=O)C(C)(C)CC(C)(C)OC(C)(C)C(C)(C)C(C)=O. The lowest BCUT2D eigenvalue weighted by atomic mass is 9.73. The number of ketones is 1. The van der Waals surface area contributed by atoms with Gasteiger partial charge in [0.05, 0.1) is 16.6 Å². The lowest BCUT2D eigenvalue weighted by molar-refractivity contribution is -0.189. The monoisotopic (exact) mass is 299 g/mol. The molecule has 0 saturated heterocycles. The highest BCUT2D eigenvalue weighted by atomic mass is 16.5. The van der Waals surface area contributed by atoms with Gasteiger partial charge in [-0.15, -0.1) is 0 Å². The fourth-order valence-electron chi connectivity index (χ4n) is 2.76. The fraction of sp³-hybridized carbons (Fsp3) is 0.882. The van der Waals surface area contributed by atoms with E-state index in [-0.39, 0.29) is 11.7 Å². The average Bonchev–Trinajstić information content (AvgIpc) is 2.23. The Hall–Kier alpha value is -0.900. The molecule has 1 amide bonds. The normalized spacial score (nSPS) is 14.0. The second-order valence-corrected chi connectivity index (χ2v) is 8.19. The molecule has 0 aromatic heterocycles. The van der Waals surface area contributed by atoms with Crippen molar-refractivity contribution in [3.05, 3.63) is 0 Å². The number of carbonyl (C=O) groups is 2. The number of ether oxygens (including phenoxy) is 1. The van der Waals surface area contributed by atoms with Crippen LogP contribution in [-0.2, 0) is 14.3 Å². The zero-order valence-corrected chi connectivity index (χ0v) is 15.4. The van der Waals surface area contributed by atoms with Gasteiger partial charge in [-0.3, -0.25) is 9.59 Å². The molecule has 0 aliphatic carbocycles. The van der Waals surface area contributed by atoms with Gasteiger partial charge >= 0.3 is 0 Å². The number of nitrogens with one attached hydrogen (secondary N) is 1. The highest BCUT2D eigenvalue weighted by Gasteiger charge is 2.46. The molecule has 0 atom stereocenters. The van der Waals surface area contributed by atoms with E-state index in [9.17, 15) is 9.59 Å². The molecule has 0 saturated carbocycles. The van der Waals surface area contributed by atoms with E-state index in [1.54, 1.807) is 14.0 Å². The Morgan fingerprint density at radius 1 is 0.952 bits per heavy atom. The molecule has 0 unspecified atom stereocenters. The first-order valence-electron chi connectivity index (χ1n) is 7.52. The lowest BCUT2D eigenvalue weighted by Crippen LogP contribution is -2.52. The van der Waals surface area contributed by atoms with Gasteiger partial charge in [0, 0.05) is 12.5 Å². The van der Waals surface area contributed by atoms with Crippen LogP contribution in [0.3, 0.4) is 0 Å². The van der Waals surface area contributed by atoms with E-state index >= 15 is 0 Å². The summed E-state index contributed by atoms with van der Waals surface area (Å²) in [6, 6.07) is 0. The zero-order chi connectivity index (χ0) is 17.3. The molecule has 1 N–H and O–H groups in total. The molecule has 0 spiro atoms. The molecule has 4 nitrogen and oxygen atoms in total. The van der Waals surface area contributed by atoms with Crippen LogP contribution < -0.4 is 5.32 Å². The Balaban J connectivity index is 5.21. The van der Waals surface area contributed by atoms with Crippen molar-refractivity contribution in [1.82, 2.24) is 5.32 Å². The van der Waals surface area contributed by atoms with Gasteiger partial charge in [0.2, 0.25) is 5.91 Å². The molecule has 0 aliphatic rings. The minimum Gasteiger partial charge on any atom is -0.369 e. The maximum Gasteiger partial charge on any atom is 0.225 e. The third kappa shape index (κ3) is 4.80. The van der Waals surface area contributed by atoms with Crippen molar-refractivity contribution >= 4 is 11.7 Å². The van der Waals surface area contributed by atoms with E-state index in [1.165, 1.54) is 0 Å². The highest BCUT2D eigenvalue weighted by Crippen LogP contribution is 2.41.